The van der Waals surface area contributed by atoms with Gasteiger partial charge in [0.2, 0.25) is 0 Å². The van der Waals surface area contributed by atoms with Crippen LogP contribution in [0.1, 0.15) is 33.4 Å². The molecule has 0 heteroatoms. The predicted molar refractivity (Wildman–Crippen MR) is 543 cm³/mol. The third kappa shape index (κ3) is 15.6. The molecule has 0 amide bonds. The van der Waals surface area contributed by atoms with E-state index in [0.717, 1.165) is 6.42 Å². The molecule has 0 N–H and O–H groups in total. The molecule has 125 heavy (non-hydrogen) atoms. The van der Waals surface area contributed by atoms with Crippen molar-refractivity contribution in [1.82, 2.24) is 0 Å². The van der Waals surface area contributed by atoms with Gasteiger partial charge in [-0.25, -0.2) is 0 Å². The molecule has 0 aliphatic heterocycles. The molecular weight excluding hydrogens is 1500 g/mol. The minimum atomic E-state index is 1.10. The van der Waals surface area contributed by atoms with Crippen LogP contribution in [-0.4, -0.2) is 0 Å². The van der Waals surface area contributed by atoms with Crippen molar-refractivity contribution < 1.29 is 0 Å². The fourth-order valence-corrected chi connectivity index (χ4v) is 19.2. The van der Waals surface area contributed by atoms with Gasteiger partial charge in [-0.05, 0) is 261 Å². The molecule has 0 atom stereocenters. The molecule has 0 saturated heterocycles. The summed E-state index contributed by atoms with van der Waals surface area (Å²) in [6.45, 7) is 0. The van der Waals surface area contributed by atoms with Gasteiger partial charge in [0.15, 0.2) is 0 Å². The summed E-state index contributed by atoms with van der Waals surface area (Å²) in [5, 5.41) is 37.6. The van der Waals surface area contributed by atoms with E-state index in [1.54, 1.807) is 0 Å². The van der Waals surface area contributed by atoms with Crippen molar-refractivity contribution >= 4 is 163 Å². The summed E-state index contributed by atoms with van der Waals surface area (Å²) in [5.41, 5.74) is 17.0. The molecular formula is C125H88. The molecule has 0 unspecified atom stereocenters. The number of hydrogen-bond donors (Lipinski definition) is 0. The quantitative estimate of drug-likeness (QED) is 0.105. The highest BCUT2D eigenvalue weighted by atomic mass is 14.2. The normalized spacial score (nSPS) is 11.7. The highest BCUT2D eigenvalue weighted by molar-refractivity contribution is 6.23. The van der Waals surface area contributed by atoms with E-state index in [1.165, 1.54) is 230 Å². The van der Waals surface area contributed by atoms with Crippen LogP contribution in [0, 0.1) is 0 Å². The lowest BCUT2D eigenvalue weighted by Crippen LogP contribution is -1.82. The molecule has 0 spiro atoms. The van der Waals surface area contributed by atoms with Crippen molar-refractivity contribution in [2.75, 3.05) is 0 Å². The Morgan fingerprint density at radius 2 is 0.360 bits per heavy atom. The van der Waals surface area contributed by atoms with E-state index >= 15 is 0 Å². The number of fused-ring (bicyclic) bond motifs is 16. The smallest absolute Gasteiger partial charge is 0.00135 e. The van der Waals surface area contributed by atoms with Crippen LogP contribution >= 0.6 is 0 Å². The lowest BCUT2D eigenvalue weighted by molar-refractivity contribution is 1.02. The van der Waals surface area contributed by atoms with Crippen molar-refractivity contribution in [3.05, 3.63) is 519 Å². The Morgan fingerprint density at radius 3 is 0.760 bits per heavy atom. The second kappa shape index (κ2) is 34.7. The monoisotopic (exact) mass is 1590 g/mol. The zero-order chi connectivity index (χ0) is 83.2. The van der Waals surface area contributed by atoms with Crippen LogP contribution in [0.3, 0.4) is 0 Å². The van der Waals surface area contributed by atoms with Gasteiger partial charge in [-0.2, -0.15) is 0 Å². The van der Waals surface area contributed by atoms with E-state index in [0.29, 0.717) is 0 Å². The van der Waals surface area contributed by atoms with Crippen molar-refractivity contribution in [3.63, 3.8) is 0 Å². The van der Waals surface area contributed by atoms with Gasteiger partial charge in [0, 0.05) is 0 Å². The first-order valence-electron chi connectivity index (χ1n) is 43.6. The Balaban J connectivity index is 0.0000000864. The summed E-state index contributed by atoms with van der Waals surface area (Å²) in [5.74, 6) is 0. The molecule has 0 fully saturated rings. The molecule has 25 aromatic rings. The van der Waals surface area contributed by atoms with Crippen molar-refractivity contribution in [2.24, 2.45) is 0 Å². The summed E-state index contributed by atoms with van der Waals surface area (Å²) < 4.78 is 0. The van der Waals surface area contributed by atoms with Crippen LogP contribution in [0.2, 0.25) is 0 Å². The van der Waals surface area contributed by atoms with E-state index in [2.05, 4.69) is 497 Å². The van der Waals surface area contributed by atoms with Crippen molar-refractivity contribution in [1.29, 1.82) is 0 Å². The molecule has 0 saturated carbocycles. The molecule has 0 nitrogen and oxygen atoms in total. The van der Waals surface area contributed by atoms with Crippen LogP contribution in [0.4, 0.5) is 0 Å². The predicted octanol–water partition coefficient (Wildman–Crippen LogP) is 34.6. The average Bonchev–Trinajstić information content (AvgIpc) is 0.945. The number of aryl methyl sites for hydroxylation is 2. The van der Waals surface area contributed by atoms with E-state index in [4.69, 9.17) is 0 Å². The fraction of sp³-hybridized carbons (Fsp3) is 0.0240. The van der Waals surface area contributed by atoms with Crippen molar-refractivity contribution in [3.8, 4) is 33.4 Å². The van der Waals surface area contributed by atoms with Gasteiger partial charge in [0.05, 0.1) is 0 Å². The van der Waals surface area contributed by atoms with Crippen LogP contribution in [0.5, 0.6) is 0 Å². The van der Waals surface area contributed by atoms with Gasteiger partial charge < -0.3 is 0 Å². The topological polar surface area (TPSA) is 0 Å². The standard InChI is InChI=1S/C18H12.2C16H10.2C14H10.C13H10.C12H10.C12H8.C10H8/c1-2-7-15-12-18-16(11-14(15)6-1)10-9-13-5-3-4-8-17(13)18;1-3-11-7-9-13-5-2-6-14-10-8-12(4-1)15(11)16(13)14;1-2-8-13-12(7-1)14-9-3-5-11-6-4-10-15(13)16(11)14;1-3-7-13-11(5-1)9-10-12-6-2-4-8-14(12)13;1-2-6-12-10-14-8-4-3-7-13(14)9-11(12)5-1;1-3-7-12-10(5-1)9-11-6-2-4-8-13(11)12;2*1-3-9-4-2-6-11-8-7-10(5-1)12(9)11;1-2-6-10-8-4-3-7-9(10)5-1/h1-12H;2*1-10H;2*1-10H;1-8H,9H2;1-6H,7-8H2;1-8H;1-8H. The largest absolute Gasteiger partial charge is 0.0619 e. The van der Waals surface area contributed by atoms with Crippen LogP contribution in [0.15, 0.2) is 485 Å². The van der Waals surface area contributed by atoms with E-state index in [1.807, 2.05) is 0 Å². The molecule has 0 radical (unpaired) electrons. The Morgan fingerprint density at radius 1 is 0.120 bits per heavy atom. The number of rotatable bonds is 0. The van der Waals surface area contributed by atoms with Crippen LogP contribution < -0.4 is 0 Å². The zero-order valence-electron chi connectivity index (χ0n) is 69.5. The Hall–Kier alpha value is -15.9. The summed E-state index contributed by atoms with van der Waals surface area (Å²) in [6, 6.07) is 173. The average molecular weight is 1590 g/mol. The summed E-state index contributed by atoms with van der Waals surface area (Å²) in [6.07, 6.45) is 7.93. The zero-order valence-corrected chi connectivity index (χ0v) is 69.5. The van der Waals surface area contributed by atoms with E-state index in [-0.39, 0.29) is 0 Å². The third-order valence-corrected chi connectivity index (χ3v) is 25.2. The first-order chi connectivity index (χ1) is 62.0. The second-order valence-electron chi connectivity index (χ2n) is 32.7. The molecule has 0 aromatic heterocycles. The fourth-order valence-electron chi connectivity index (χ4n) is 19.2. The minimum absolute atomic E-state index is 1.10. The Labute approximate surface area is 729 Å². The Kier molecular flexibility index (Phi) is 21.2. The van der Waals surface area contributed by atoms with Crippen LogP contribution in [-0.2, 0) is 19.3 Å². The summed E-state index contributed by atoms with van der Waals surface area (Å²) in [4.78, 5) is 0. The highest BCUT2D eigenvalue weighted by Crippen LogP contribution is 2.47. The minimum Gasteiger partial charge on any atom is -0.0619 e. The molecule has 588 valence electrons. The molecule has 29 rings (SSSR count). The number of hydrogen-bond acceptors (Lipinski definition) is 0. The SMILES string of the molecule is C1=Cc2cccc3cccc1c23.c1cc2c3c(cccc3c1)CC2.c1cc2ccc3cccc4ccc(c1)c2c34.c1ccc2c(c1)-c1cccc3cccc-2c13.c1ccc2c(c1)Cc1ccccc1-2.c1ccc2c(c1)ccc1ccccc12.c1ccc2cc3c(ccc4ccccc43)cc2c1.c1ccc2cc3ccccc3cc2c1.c1ccc2ccccc2c1. The van der Waals surface area contributed by atoms with Gasteiger partial charge in [-0.15, -0.1) is 0 Å². The lowest BCUT2D eigenvalue weighted by atomic mass is 9.95. The molecule has 4 aliphatic rings. The van der Waals surface area contributed by atoms with E-state index < -0.39 is 0 Å². The highest BCUT2D eigenvalue weighted by Gasteiger charge is 2.21. The first-order valence-corrected chi connectivity index (χ1v) is 43.6. The van der Waals surface area contributed by atoms with Gasteiger partial charge in [0.25, 0.3) is 0 Å². The molecule has 0 bridgehead atoms. The van der Waals surface area contributed by atoms with Gasteiger partial charge in [-0.1, -0.05) is 473 Å². The maximum Gasteiger partial charge on any atom is -0.00135 e. The number of benzene rings is 25. The molecule has 25 aromatic carbocycles. The van der Waals surface area contributed by atoms with Gasteiger partial charge >= 0.3 is 0 Å². The first kappa shape index (κ1) is 76.5. The summed E-state index contributed by atoms with van der Waals surface area (Å²) in [7, 11) is 0. The maximum absolute atomic E-state index is 2.30. The molecule has 4 aliphatic carbocycles. The van der Waals surface area contributed by atoms with E-state index in [9.17, 15) is 0 Å². The summed E-state index contributed by atoms with van der Waals surface area (Å²) >= 11 is 0. The van der Waals surface area contributed by atoms with Gasteiger partial charge in [0.1, 0.15) is 0 Å². The van der Waals surface area contributed by atoms with Crippen molar-refractivity contribution in [2.45, 2.75) is 19.3 Å². The molecule has 0 heterocycles. The lowest BCUT2D eigenvalue weighted by Gasteiger charge is -2.09. The van der Waals surface area contributed by atoms with Gasteiger partial charge in [-0.3, -0.25) is 0 Å². The Bertz CT molecular complexity index is 7770. The maximum atomic E-state index is 2.30. The van der Waals surface area contributed by atoms with Crippen LogP contribution in [0.25, 0.3) is 196 Å². The third-order valence-electron chi connectivity index (χ3n) is 25.2. The second-order valence-corrected chi connectivity index (χ2v) is 32.7.